The maximum atomic E-state index is 11.4. The van der Waals surface area contributed by atoms with Crippen LogP contribution in [0.1, 0.15) is 25.7 Å². The molecule has 0 heterocycles. The number of carboxylic acid groups (broad SMARTS) is 1. The molecule has 0 aromatic heterocycles. The number of carbonyl (C=O) groups is 1. The third kappa shape index (κ3) is 2.83. The van der Waals surface area contributed by atoms with Gasteiger partial charge in [0, 0.05) is 24.4 Å². The Labute approximate surface area is 110 Å². The van der Waals surface area contributed by atoms with E-state index in [4.69, 9.17) is 0 Å². The van der Waals surface area contributed by atoms with Gasteiger partial charge in [-0.3, -0.25) is 14.9 Å². The van der Waals surface area contributed by atoms with Crippen LogP contribution in [0.25, 0.3) is 0 Å². The van der Waals surface area contributed by atoms with E-state index in [2.05, 4.69) is 5.32 Å². The van der Waals surface area contributed by atoms with E-state index in [1.54, 1.807) is 12.1 Å². The first-order chi connectivity index (χ1) is 9.03. The first-order valence-electron chi connectivity index (χ1n) is 6.25. The summed E-state index contributed by atoms with van der Waals surface area (Å²) in [5, 5.41) is 23.0. The maximum Gasteiger partial charge on any atom is 0.311 e. The highest BCUT2D eigenvalue weighted by Gasteiger charge is 2.41. The predicted molar refractivity (Wildman–Crippen MR) is 70.1 cm³/mol. The molecule has 1 aromatic rings. The molecule has 0 atom stereocenters. The highest BCUT2D eigenvalue weighted by molar-refractivity contribution is 5.76. The van der Waals surface area contributed by atoms with Crippen molar-refractivity contribution in [3.05, 3.63) is 34.4 Å². The fourth-order valence-electron chi connectivity index (χ4n) is 2.52. The van der Waals surface area contributed by atoms with Crippen molar-refractivity contribution < 1.29 is 14.8 Å². The zero-order valence-corrected chi connectivity index (χ0v) is 10.5. The van der Waals surface area contributed by atoms with Crippen molar-refractivity contribution >= 4 is 17.3 Å². The molecule has 19 heavy (non-hydrogen) atoms. The van der Waals surface area contributed by atoms with E-state index in [1.165, 1.54) is 12.1 Å². The highest BCUT2D eigenvalue weighted by atomic mass is 16.6. The molecule has 0 aliphatic heterocycles. The third-order valence-electron chi connectivity index (χ3n) is 3.70. The molecule has 2 N–H and O–H groups in total. The van der Waals surface area contributed by atoms with E-state index < -0.39 is 16.3 Å². The molecule has 0 bridgehead atoms. The van der Waals surface area contributed by atoms with Crippen LogP contribution in [-0.2, 0) is 4.79 Å². The zero-order valence-electron chi connectivity index (χ0n) is 10.5. The van der Waals surface area contributed by atoms with Crippen molar-refractivity contribution in [1.82, 2.24) is 0 Å². The van der Waals surface area contributed by atoms with Crippen LogP contribution < -0.4 is 5.32 Å². The smallest absolute Gasteiger partial charge is 0.311 e. The van der Waals surface area contributed by atoms with Crippen LogP contribution in [0.15, 0.2) is 24.3 Å². The lowest BCUT2D eigenvalue weighted by molar-refractivity contribution is -0.384. The topological polar surface area (TPSA) is 92.5 Å². The molecule has 0 spiro atoms. The monoisotopic (exact) mass is 264 g/mol. The summed E-state index contributed by atoms with van der Waals surface area (Å²) < 4.78 is 0. The third-order valence-corrected chi connectivity index (χ3v) is 3.70. The summed E-state index contributed by atoms with van der Waals surface area (Å²) in [6.45, 7) is 0.309. The fraction of sp³-hybridized carbons (Fsp3) is 0.462. The number of hydrogen-bond donors (Lipinski definition) is 2. The Kier molecular flexibility index (Phi) is 3.69. The number of carboxylic acids is 1. The Hall–Kier alpha value is -2.11. The van der Waals surface area contributed by atoms with E-state index in [0.29, 0.717) is 25.1 Å². The Morgan fingerprint density at radius 1 is 1.42 bits per heavy atom. The summed E-state index contributed by atoms with van der Waals surface area (Å²) in [6, 6.07) is 6.12. The van der Waals surface area contributed by atoms with Crippen LogP contribution in [0.3, 0.4) is 0 Å². The summed E-state index contributed by atoms with van der Waals surface area (Å²) in [5.41, 5.74) is -0.146. The predicted octanol–water partition coefficient (Wildman–Crippen LogP) is 2.65. The van der Waals surface area contributed by atoms with Crippen LogP contribution in [0.5, 0.6) is 0 Å². The Balaban J connectivity index is 2.07. The van der Waals surface area contributed by atoms with E-state index >= 15 is 0 Å². The number of hydrogen-bond acceptors (Lipinski definition) is 4. The number of rotatable bonds is 5. The number of nitro groups is 1. The zero-order chi connectivity index (χ0) is 13.9. The van der Waals surface area contributed by atoms with Crippen molar-refractivity contribution in [3.63, 3.8) is 0 Å². The summed E-state index contributed by atoms with van der Waals surface area (Å²) in [5.74, 6) is -0.789. The SMILES string of the molecule is O=C(O)C1(CNc2cccc([N+](=O)[O-])c2)CCCC1. The van der Waals surface area contributed by atoms with Crippen LogP contribution in [-0.4, -0.2) is 22.5 Å². The molecular weight excluding hydrogens is 248 g/mol. The number of nitro benzene ring substituents is 1. The average Bonchev–Trinajstić information content (AvgIpc) is 2.87. The normalized spacial score (nSPS) is 17.1. The van der Waals surface area contributed by atoms with Crippen molar-refractivity contribution in [1.29, 1.82) is 0 Å². The summed E-state index contributed by atoms with van der Waals surface area (Å²) in [4.78, 5) is 21.6. The van der Waals surface area contributed by atoms with Gasteiger partial charge in [-0.1, -0.05) is 18.9 Å². The molecular formula is C13H16N2O4. The Bertz CT molecular complexity index is 495. The lowest BCUT2D eigenvalue weighted by Crippen LogP contribution is -2.35. The number of benzene rings is 1. The van der Waals surface area contributed by atoms with E-state index in [1.807, 2.05) is 0 Å². The van der Waals surface area contributed by atoms with Gasteiger partial charge in [0.05, 0.1) is 10.3 Å². The van der Waals surface area contributed by atoms with Gasteiger partial charge in [-0.15, -0.1) is 0 Å². The van der Waals surface area contributed by atoms with E-state index in [-0.39, 0.29) is 5.69 Å². The van der Waals surface area contributed by atoms with Gasteiger partial charge in [0.25, 0.3) is 5.69 Å². The lowest BCUT2D eigenvalue weighted by atomic mass is 9.86. The van der Waals surface area contributed by atoms with Gasteiger partial charge in [0.1, 0.15) is 0 Å². The van der Waals surface area contributed by atoms with Crippen molar-refractivity contribution in [3.8, 4) is 0 Å². The van der Waals surface area contributed by atoms with E-state index in [9.17, 15) is 20.0 Å². The van der Waals surface area contributed by atoms with Gasteiger partial charge < -0.3 is 10.4 Å². The molecule has 0 radical (unpaired) electrons. The molecule has 1 saturated carbocycles. The lowest BCUT2D eigenvalue weighted by Gasteiger charge is -2.24. The minimum atomic E-state index is -0.789. The quantitative estimate of drug-likeness (QED) is 0.630. The molecule has 0 unspecified atom stereocenters. The summed E-state index contributed by atoms with van der Waals surface area (Å²) >= 11 is 0. The average molecular weight is 264 g/mol. The second kappa shape index (κ2) is 5.26. The van der Waals surface area contributed by atoms with Gasteiger partial charge in [0.2, 0.25) is 0 Å². The van der Waals surface area contributed by atoms with Crippen LogP contribution in [0.4, 0.5) is 11.4 Å². The molecule has 102 valence electrons. The fourth-order valence-corrected chi connectivity index (χ4v) is 2.52. The molecule has 1 aliphatic carbocycles. The summed E-state index contributed by atoms with van der Waals surface area (Å²) in [6.07, 6.45) is 3.15. The van der Waals surface area contributed by atoms with Crippen molar-refractivity contribution in [2.45, 2.75) is 25.7 Å². The minimum absolute atomic E-state index is 0.000738. The van der Waals surface area contributed by atoms with E-state index in [0.717, 1.165) is 12.8 Å². The van der Waals surface area contributed by atoms with Crippen LogP contribution in [0, 0.1) is 15.5 Å². The second-order valence-electron chi connectivity index (χ2n) is 4.95. The standard InChI is InChI=1S/C13H16N2O4/c16-12(17)13(6-1-2-7-13)9-14-10-4-3-5-11(8-10)15(18)19/h3-5,8,14H,1-2,6-7,9H2,(H,16,17). The van der Waals surface area contributed by atoms with Crippen molar-refractivity contribution in [2.24, 2.45) is 5.41 Å². The minimum Gasteiger partial charge on any atom is -0.481 e. The number of nitrogens with one attached hydrogen (secondary N) is 1. The Morgan fingerprint density at radius 3 is 2.68 bits per heavy atom. The largest absolute Gasteiger partial charge is 0.481 e. The number of aliphatic carboxylic acids is 1. The number of anilines is 1. The highest BCUT2D eigenvalue weighted by Crippen LogP contribution is 2.38. The molecule has 1 aromatic carbocycles. The molecule has 0 saturated heterocycles. The Morgan fingerprint density at radius 2 is 2.11 bits per heavy atom. The molecule has 1 aliphatic rings. The number of non-ortho nitro benzene ring substituents is 1. The van der Waals surface area contributed by atoms with Gasteiger partial charge in [-0.2, -0.15) is 0 Å². The molecule has 6 nitrogen and oxygen atoms in total. The maximum absolute atomic E-state index is 11.4. The molecule has 0 amide bonds. The van der Waals surface area contributed by atoms with Gasteiger partial charge in [-0.25, -0.2) is 0 Å². The molecule has 2 rings (SSSR count). The van der Waals surface area contributed by atoms with Crippen LogP contribution in [0.2, 0.25) is 0 Å². The number of nitrogens with zero attached hydrogens (tertiary/aromatic N) is 1. The van der Waals surface area contributed by atoms with Crippen molar-refractivity contribution in [2.75, 3.05) is 11.9 Å². The molecule has 6 heteroatoms. The molecule has 1 fully saturated rings. The van der Waals surface area contributed by atoms with Gasteiger partial charge in [0.15, 0.2) is 0 Å². The summed E-state index contributed by atoms with van der Waals surface area (Å²) in [7, 11) is 0. The first-order valence-corrected chi connectivity index (χ1v) is 6.25. The first kappa shape index (κ1) is 13.3. The second-order valence-corrected chi connectivity index (χ2v) is 4.95. The van der Waals surface area contributed by atoms with Crippen LogP contribution >= 0.6 is 0 Å². The van der Waals surface area contributed by atoms with Gasteiger partial charge in [-0.05, 0) is 18.9 Å². The van der Waals surface area contributed by atoms with Gasteiger partial charge >= 0.3 is 5.97 Å².